The maximum atomic E-state index is 12.8. The lowest BCUT2D eigenvalue weighted by molar-refractivity contribution is -0.116. The van der Waals surface area contributed by atoms with E-state index in [2.05, 4.69) is 5.32 Å². The average molecular weight is 424 g/mol. The molecule has 0 atom stereocenters. The van der Waals surface area contributed by atoms with Crippen LogP contribution in [0.5, 0.6) is 0 Å². The molecule has 1 aliphatic heterocycles. The van der Waals surface area contributed by atoms with E-state index in [-0.39, 0.29) is 11.4 Å². The second-order valence-electron chi connectivity index (χ2n) is 6.78. The second kappa shape index (κ2) is 8.46. The van der Waals surface area contributed by atoms with Crippen molar-refractivity contribution in [3.05, 3.63) is 57.5 Å². The summed E-state index contributed by atoms with van der Waals surface area (Å²) in [5, 5.41) is 3.18. The number of rotatable bonds is 5. The first-order chi connectivity index (χ1) is 13.3. The predicted octanol–water partition coefficient (Wildman–Crippen LogP) is 2.62. The van der Waals surface area contributed by atoms with Gasteiger partial charge in [0.25, 0.3) is 5.56 Å². The van der Waals surface area contributed by atoms with E-state index in [0.717, 1.165) is 29.4 Å². The van der Waals surface area contributed by atoms with E-state index in [9.17, 15) is 18.0 Å². The molecule has 2 aromatic rings. The Labute approximate surface area is 169 Å². The molecule has 0 aliphatic carbocycles. The van der Waals surface area contributed by atoms with Gasteiger partial charge in [-0.15, -0.1) is 0 Å². The standard InChI is InChI=1S/C19H22ClN3O4S/c1-14-7-8-15(12-16(14)20)21-18(24)13-22-9-5-6-17(19(22)25)28(26,27)23-10-3-2-4-11-23/h5-9,12H,2-4,10-11,13H2,1H3,(H,21,24). The van der Waals surface area contributed by atoms with Gasteiger partial charge < -0.3 is 9.88 Å². The summed E-state index contributed by atoms with van der Waals surface area (Å²) in [6.45, 7) is 2.37. The zero-order valence-corrected chi connectivity index (χ0v) is 17.1. The van der Waals surface area contributed by atoms with E-state index < -0.39 is 21.5 Å². The van der Waals surface area contributed by atoms with Crippen LogP contribution in [-0.4, -0.2) is 36.3 Å². The predicted molar refractivity (Wildman–Crippen MR) is 108 cm³/mol. The molecule has 1 amide bonds. The van der Waals surface area contributed by atoms with E-state index >= 15 is 0 Å². The van der Waals surface area contributed by atoms with Crippen molar-refractivity contribution >= 4 is 33.2 Å². The SMILES string of the molecule is Cc1ccc(NC(=O)Cn2cccc(S(=O)(=O)N3CCCCC3)c2=O)cc1Cl. The number of piperidine rings is 1. The number of pyridine rings is 1. The van der Waals surface area contributed by atoms with Gasteiger partial charge in [0, 0.05) is 30.0 Å². The highest BCUT2D eigenvalue weighted by molar-refractivity contribution is 7.89. The van der Waals surface area contributed by atoms with Crippen LogP contribution < -0.4 is 10.9 Å². The Hall–Kier alpha value is -2.16. The van der Waals surface area contributed by atoms with Crippen LogP contribution in [0.2, 0.25) is 5.02 Å². The second-order valence-corrected chi connectivity index (χ2v) is 9.10. The third-order valence-corrected chi connectivity index (χ3v) is 7.01. The normalized spacial score (nSPS) is 15.4. The molecule has 3 rings (SSSR count). The third-order valence-electron chi connectivity index (χ3n) is 4.69. The maximum Gasteiger partial charge on any atom is 0.271 e. The van der Waals surface area contributed by atoms with Gasteiger partial charge in [0.15, 0.2) is 0 Å². The quantitative estimate of drug-likeness (QED) is 0.800. The van der Waals surface area contributed by atoms with E-state index in [1.807, 2.05) is 6.92 Å². The Balaban J connectivity index is 1.79. The molecule has 1 saturated heterocycles. The number of amides is 1. The minimum Gasteiger partial charge on any atom is -0.324 e. The van der Waals surface area contributed by atoms with Crippen LogP contribution >= 0.6 is 11.6 Å². The molecule has 7 nitrogen and oxygen atoms in total. The summed E-state index contributed by atoms with van der Waals surface area (Å²) in [4.78, 5) is 24.7. The van der Waals surface area contributed by atoms with Gasteiger partial charge in [0.2, 0.25) is 15.9 Å². The molecular formula is C19H22ClN3O4S. The van der Waals surface area contributed by atoms with E-state index in [1.165, 1.54) is 22.6 Å². The first kappa shape index (κ1) is 20.6. The number of benzene rings is 1. The Kier molecular flexibility index (Phi) is 6.22. The number of anilines is 1. The molecule has 0 unspecified atom stereocenters. The average Bonchev–Trinajstić information content (AvgIpc) is 2.67. The van der Waals surface area contributed by atoms with Crippen LogP contribution in [0.3, 0.4) is 0 Å². The van der Waals surface area contributed by atoms with Crippen molar-refractivity contribution in [3.63, 3.8) is 0 Å². The largest absolute Gasteiger partial charge is 0.324 e. The summed E-state index contributed by atoms with van der Waals surface area (Å²) >= 11 is 6.05. The Morgan fingerprint density at radius 2 is 1.89 bits per heavy atom. The van der Waals surface area contributed by atoms with Crippen LogP contribution in [0.4, 0.5) is 5.69 Å². The number of aromatic nitrogens is 1. The van der Waals surface area contributed by atoms with Gasteiger partial charge in [-0.2, -0.15) is 4.31 Å². The summed E-state index contributed by atoms with van der Waals surface area (Å²) in [6, 6.07) is 7.86. The molecule has 1 aromatic heterocycles. The molecular weight excluding hydrogens is 402 g/mol. The monoisotopic (exact) mass is 423 g/mol. The summed E-state index contributed by atoms with van der Waals surface area (Å²) < 4.78 is 28.0. The number of nitrogens with one attached hydrogen (secondary N) is 1. The molecule has 1 aliphatic rings. The Bertz CT molecular complexity index is 1040. The summed E-state index contributed by atoms with van der Waals surface area (Å²) in [7, 11) is -3.87. The fourth-order valence-corrected chi connectivity index (χ4v) is 4.89. The van der Waals surface area contributed by atoms with Crippen molar-refractivity contribution in [2.75, 3.05) is 18.4 Å². The fraction of sp³-hybridized carbons (Fsp3) is 0.368. The molecule has 1 aromatic carbocycles. The molecule has 9 heteroatoms. The molecule has 2 heterocycles. The fourth-order valence-electron chi connectivity index (χ4n) is 3.11. The van der Waals surface area contributed by atoms with Crippen LogP contribution in [0.25, 0.3) is 0 Å². The van der Waals surface area contributed by atoms with Gasteiger partial charge in [0.1, 0.15) is 11.4 Å². The molecule has 0 spiro atoms. The first-order valence-electron chi connectivity index (χ1n) is 9.04. The van der Waals surface area contributed by atoms with Crippen molar-refractivity contribution in [2.24, 2.45) is 0 Å². The number of aryl methyl sites for hydroxylation is 1. The molecule has 0 bridgehead atoms. The van der Waals surface area contributed by atoms with Crippen molar-refractivity contribution < 1.29 is 13.2 Å². The number of hydrogen-bond acceptors (Lipinski definition) is 4. The van der Waals surface area contributed by atoms with Gasteiger partial charge in [-0.3, -0.25) is 9.59 Å². The molecule has 1 fully saturated rings. The van der Waals surface area contributed by atoms with E-state index in [0.29, 0.717) is 23.8 Å². The van der Waals surface area contributed by atoms with Crippen LogP contribution in [0.15, 0.2) is 46.2 Å². The highest BCUT2D eigenvalue weighted by Crippen LogP contribution is 2.20. The Morgan fingerprint density at radius 3 is 2.57 bits per heavy atom. The van der Waals surface area contributed by atoms with Crippen LogP contribution in [-0.2, 0) is 21.4 Å². The van der Waals surface area contributed by atoms with Crippen molar-refractivity contribution in [1.29, 1.82) is 0 Å². The zero-order chi connectivity index (χ0) is 20.3. The third kappa shape index (κ3) is 4.45. The highest BCUT2D eigenvalue weighted by atomic mass is 35.5. The number of carbonyl (C=O) groups excluding carboxylic acids is 1. The van der Waals surface area contributed by atoms with Crippen LogP contribution in [0, 0.1) is 6.92 Å². The minimum atomic E-state index is -3.87. The number of nitrogens with zero attached hydrogens (tertiary/aromatic N) is 2. The van der Waals surface area contributed by atoms with Gasteiger partial charge >= 0.3 is 0 Å². The smallest absolute Gasteiger partial charge is 0.271 e. The van der Waals surface area contributed by atoms with Crippen molar-refractivity contribution in [2.45, 2.75) is 37.6 Å². The summed E-state index contributed by atoms with van der Waals surface area (Å²) in [5.74, 6) is -0.449. The van der Waals surface area contributed by atoms with Gasteiger partial charge in [-0.05, 0) is 49.6 Å². The van der Waals surface area contributed by atoms with E-state index in [4.69, 9.17) is 11.6 Å². The first-order valence-corrected chi connectivity index (χ1v) is 10.9. The molecule has 0 radical (unpaired) electrons. The lowest BCUT2D eigenvalue weighted by Gasteiger charge is -2.25. The maximum absolute atomic E-state index is 12.8. The van der Waals surface area contributed by atoms with Gasteiger partial charge in [0.05, 0.1) is 0 Å². The van der Waals surface area contributed by atoms with Gasteiger partial charge in [-0.25, -0.2) is 8.42 Å². The minimum absolute atomic E-state index is 0.298. The van der Waals surface area contributed by atoms with Crippen molar-refractivity contribution in [1.82, 2.24) is 8.87 Å². The molecule has 0 saturated carbocycles. The lowest BCUT2D eigenvalue weighted by Crippen LogP contribution is -2.39. The lowest BCUT2D eigenvalue weighted by atomic mass is 10.2. The topological polar surface area (TPSA) is 88.5 Å². The molecule has 28 heavy (non-hydrogen) atoms. The molecule has 1 N–H and O–H groups in total. The number of halogens is 1. The Morgan fingerprint density at radius 1 is 1.18 bits per heavy atom. The highest BCUT2D eigenvalue weighted by Gasteiger charge is 2.28. The van der Waals surface area contributed by atoms with E-state index in [1.54, 1.807) is 18.2 Å². The summed E-state index contributed by atoms with van der Waals surface area (Å²) in [5.41, 5.74) is 0.683. The number of hydrogen-bond donors (Lipinski definition) is 1. The zero-order valence-electron chi connectivity index (χ0n) is 15.5. The molecule has 150 valence electrons. The number of sulfonamides is 1. The van der Waals surface area contributed by atoms with Crippen molar-refractivity contribution in [3.8, 4) is 0 Å². The van der Waals surface area contributed by atoms with Gasteiger partial charge in [-0.1, -0.05) is 24.1 Å². The van der Waals surface area contributed by atoms with Crippen LogP contribution in [0.1, 0.15) is 24.8 Å². The number of carbonyl (C=O) groups is 1. The summed E-state index contributed by atoms with van der Waals surface area (Å²) in [6.07, 6.45) is 3.94.